The summed E-state index contributed by atoms with van der Waals surface area (Å²) in [6.07, 6.45) is 6.59. The molecule has 1 aliphatic rings. The van der Waals surface area contributed by atoms with E-state index in [-0.39, 0.29) is 0 Å². The second-order valence-electron chi connectivity index (χ2n) is 5.52. The molecular weight excluding hydrogens is 234 g/mol. The Morgan fingerprint density at radius 3 is 2.89 bits per heavy atom. The lowest BCUT2D eigenvalue weighted by Crippen LogP contribution is -2.40. The van der Waals surface area contributed by atoms with E-state index >= 15 is 0 Å². The number of benzene rings is 1. The summed E-state index contributed by atoms with van der Waals surface area (Å²) in [6.45, 7) is 6.69. The molecule has 0 saturated carbocycles. The van der Waals surface area contributed by atoms with Crippen LogP contribution in [0.1, 0.15) is 38.2 Å². The molecule has 0 N–H and O–H groups in total. The summed E-state index contributed by atoms with van der Waals surface area (Å²) in [7, 11) is 0. The number of rotatable bonds is 7. The summed E-state index contributed by atoms with van der Waals surface area (Å²) in [5.74, 6) is 0. The number of ether oxygens (including phenoxy) is 1. The molecule has 0 spiro atoms. The van der Waals surface area contributed by atoms with Crippen LogP contribution >= 0.6 is 0 Å². The minimum absolute atomic E-state index is 0.477. The van der Waals surface area contributed by atoms with Crippen molar-refractivity contribution in [3.8, 4) is 0 Å². The molecule has 1 fully saturated rings. The number of piperidine rings is 1. The standard InChI is InChI=1S/C17H27NO/c1-2-14-19-17-11-7-13-18(15-17)12-6-10-16-8-4-3-5-9-16/h3-5,8-9,17H,2,6-7,10-15H2,1H3. The van der Waals surface area contributed by atoms with Crippen LogP contribution < -0.4 is 0 Å². The van der Waals surface area contributed by atoms with E-state index in [4.69, 9.17) is 4.74 Å². The van der Waals surface area contributed by atoms with Crippen LogP contribution in [0.15, 0.2) is 30.3 Å². The van der Waals surface area contributed by atoms with Gasteiger partial charge in [0.1, 0.15) is 0 Å². The molecule has 2 nitrogen and oxygen atoms in total. The molecule has 1 unspecified atom stereocenters. The molecule has 1 heterocycles. The highest BCUT2D eigenvalue weighted by Gasteiger charge is 2.19. The average Bonchev–Trinajstić information content (AvgIpc) is 2.47. The summed E-state index contributed by atoms with van der Waals surface area (Å²) < 4.78 is 5.89. The third kappa shape index (κ3) is 5.33. The van der Waals surface area contributed by atoms with Crippen molar-refractivity contribution in [3.05, 3.63) is 35.9 Å². The third-order valence-electron chi connectivity index (χ3n) is 3.80. The highest BCUT2D eigenvalue weighted by Crippen LogP contribution is 2.14. The normalized spacial score (nSPS) is 20.6. The van der Waals surface area contributed by atoms with Crippen molar-refractivity contribution in [2.24, 2.45) is 0 Å². The van der Waals surface area contributed by atoms with Crippen molar-refractivity contribution in [1.82, 2.24) is 4.90 Å². The van der Waals surface area contributed by atoms with Gasteiger partial charge >= 0.3 is 0 Å². The highest BCUT2D eigenvalue weighted by molar-refractivity contribution is 5.14. The second kappa shape index (κ2) is 8.34. The predicted octanol–water partition coefficient (Wildman–Crippen LogP) is 3.51. The highest BCUT2D eigenvalue weighted by atomic mass is 16.5. The van der Waals surface area contributed by atoms with Gasteiger partial charge in [-0.3, -0.25) is 0 Å². The van der Waals surface area contributed by atoms with E-state index in [0.717, 1.165) is 19.6 Å². The van der Waals surface area contributed by atoms with Gasteiger partial charge in [0, 0.05) is 13.2 Å². The molecule has 0 bridgehead atoms. The summed E-state index contributed by atoms with van der Waals surface area (Å²) in [5.41, 5.74) is 1.46. The van der Waals surface area contributed by atoms with Gasteiger partial charge in [-0.1, -0.05) is 37.3 Å². The van der Waals surface area contributed by atoms with Crippen LogP contribution in [0.25, 0.3) is 0 Å². The molecule has 19 heavy (non-hydrogen) atoms. The molecule has 1 aliphatic heterocycles. The van der Waals surface area contributed by atoms with E-state index in [0.29, 0.717) is 6.10 Å². The Bertz CT molecular complexity index is 338. The Morgan fingerprint density at radius 2 is 2.11 bits per heavy atom. The van der Waals surface area contributed by atoms with E-state index < -0.39 is 0 Å². The number of likely N-dealkylation sites (tertiary alicyclic amines) is 1. The second-order valence-corrected chi connectivity index (χ2v) is 5.52. The van der Waals surface area contributed by atoms with E-state index in [2.05, 4.69) is 42.2 Å². The molecule has 1 aromatic rings. The molecule has 1 aromatic carbocycles. The van der Waals surface area contributed by atoms with Crippen molar-refractivity contribution in [1.29, 1.82) is 0 Å². The van der Waals surface area contributed by atoms with E-state index in [1.165, 1.54) is 44.3 Å². The van der Waals surface area contributed by atoms with Gasteiger partial charge in [0.25, 0.3) is 0 Å². The number of hydrogen-bond acceptors (Lipinski definition) is 2. The molecule has 2 rings (SSSR count). The van der Waals surface area contributed by atoms with Gasteiger partial charge in [0.05, 0.1) is 6.10 Å². The van der Waals surface area contributed by atoms with Crippen LogP contribution in [0.4, 0.5) is 0 Å². The first-order chi connectivity index (χ1) is 9.38. The molecular formula is C17H27NO. The van der Waals surface area contributed by atoms with E-state index in [1.807, 2.05) is 0 Å². The van der Waals surface area contributed by atoms with E-state index in [1.54, 1.807) is 0 Å². The van der Waals surface area contributed by atoms with Crippen LogP contribution in [0, 0.1) is 0 Å². The zero-order valence-corrected chi connectivity index (χ0v) is 12.2. The monoisotopic (exact) mass is 261 g/mol. The van der Waals surface area contributed by atoms with Crippen LogP contribution in [0.2, 0.25) is 0 Å². The Balaban J connectivity index is 1.65. The van der Waals surface area contributed by atoms with Gasteiger partial charge < -0.3 is 9.64 Å². The van der Waals surface area contributed by atoms with Gasteiger partial charge in [-0.15, -0.1) is 0 Å². The minimum atomic E-state index is 0.477. The van der Waals surface area contributed by atoms with Gasteiger partial charge in [-0.25, -0.2) is 0 Å². The van der Waals surface area contributed by atoms with Gasteiger partial charge in [-0.2, -0.15) is 0 Å². The summed E-state index contributed by atoms with van der Waals surface area (Å²) in [6, 6.07) is 10.8. The lowest BCUT2D eigenvalue weighted by molar-refractivity contribution is -0.000189. The molecule has 0 radical (unpaired) electrons. The fourth-order valence-electron chi connectivity index (χ4n) is 2.79. The first kappa shape index (κ1) is 14.5. The zero-order valence-electron chi connectivity index (χ0n) is 12.2. The van der Waals surface area contributed by atoms with Crippen LogP contribution in [-0.2, 0) is 11.2 Å². The maximum Gasteiger partial charge on any atom is 0.0702 e. The maximum atomic E-state index is 5.89. The van der Waals surface area contributed by atoms with Gasteiger partial charge in [0.15, 0.2) is 0 Å². The molecule has 1 atom stereocenters. The van der Waals surface area contributed by atoms with Crippen molar-refractivity contribution >= 4 is 0 Å². The molecule has 0 amide bonds. The van der Waals surface area contributed by atoms with E-state index in [9.17, 15) is 0 Å². The fraction of sp³-hybridized carbons (Fsp3) is 0.647. The average molecular weight is 261 g/mol. The molecule has 2 heteroatoms. The topological polar surface area (TPSA) is 12.5 Å². The minimum Gasteiger partial charge on any atom is -0.377 e. The molecule has 0 aromatic heterocycles. The first-order valence-electron chi connectivity index (χ1n) is 7.76. The number of nitrogens with zero attached hydrogens (tertiary/aromatic N) is 1. The fourth-order valence-corrected chi connectivity index (χ4v) is 2.79. The Hall–Kier alpha value is -0.860. The van der Waals surface area contributed by atoms with Crippen molar-refractivity contribution in [2.75, 3.05) is 26.2 Å². The van der Waals surface area contributed by atoms with Crippen LogP contribution in [0.3, 0.4) is 0 Å². The largest absolute Gasteiger partial charge is 0.377 e. The Kier molecular flexibility index (Phi) is 6.38. The molecule has 0 aliphatic carbocycles. The maximum absolute atomic E-state index is 5.89. The molecule has 106 valence electrons. The van der Waals surface area contributed by atoms with Gasteiger partial charge in [0.2, 0.25) is 0 Å². The lowest BCUT2D eigenvalue weighted by atomic mass is 10.1. The summed E-state index contributed by atoms with van der Waals surface area (Å²) in [5, 5.41) is 0. The van der Waals surface area contributed by atoms with Gasteiger partial charge in [-0.05, 0) is 50.8 Å². The molecule has 1 saturated heterocycles. The van der Waals surface area contributed by atoms with Crippen molar-refractivity contribution < 1.29 is 4.74 Å². The Morgan fingerprint density at radius 1 is 1.26 bits per heavy atom. The smallest absolute Gasteiger partial charge is 0.0702 e. The van der Waals surface area contributed by atoms with Crippen molar-refractivity contribution in [3.63, 3.8) is 0 Å². The zero-order chi connectivity index (χ0) is 13.3. The van der Waals surface area contributed by atoms with Crippen LogP contribution in [-0.4, -0.2) is 37.2 Å². The number of hydrogen-bond donors (Lipinski definition) is 0. The SMILES string of the molecule is CCCOC1CCCN(CCCc2ccccc2)C1. The summed E-state index contributed by atoms with van der Waals surface area (Å²) >= 11 is 0. The predicted molar refractivity (Wildman–Crippen MR) is 80.5 cm³/mol. The lowest BCUT2D eigenvalue weighted by Gasteiger charge is -2.32. The third-order valence-corrected chi connectivity index (χ3v) is 3.80. The quantitative estimate of drug-likeness (QED) is 0.744. The van der Waals surface area contributed by atoms with Crippen LogP contribution in [0.5, 0.6) is 0 Å². The summed E-state index contributed by atoms with van der Waals surface area (Å²) in [4.78, 5) is 2.58. The first-order valence-corrected chi connectivity index (χ1v) is 7.76. The Labute approximate surface area is 117 Å². The van der Waals surface area contributed by atoms with Crippen molar-refractivity contribution in [2.45, 2.75) is 45.1 Å². The number of aryl methyl sites for hydroxylation is 1.